The average Bonchev–Trinajstić information content (AvgIpc) is 3.04. The molecule has 0 saturated carbocycles. The lowest BCUT2D eigenvalue weighted by atomic mass is 9.99. The summed E-state index contributed by atoms with van der Waals surface area (Å²) in [6.07, 6.45) is 6.71. The molecule has 2 N–H and O–H groups in total. The Balaban J connectivity index is 0.00000264. The molecule has 5 nitrogen and oxygen atoms in total. The molecule has 136 valence electrons. The third-order valence-electron chi connectivity index (χ3n) is 4.70. The van der Waals surface area contributed by atoms with Gasteiger partial charge in [0.05, 0.1) is 12.6 Å². The van der Waals surface area contributed by atoms with E-state index in [0.29, 0.717) is 6.10 Å². The SMILES string of the molecule is CCNC(=NCC(C)(C)N1CCCCC1)NCC1CCCO1.I. The topological polar surface area (TPSA) is 48.9 Å². The van der Waals surface area contributed by atoms with Crippen molar-refractivity contribution in [2.45, 2.75) is 64.5 Å². The van der Waals surface area contributed by atoms with Crippen LogP contribution in [0, 0.1) is 0 Å². The molecule has 0 aliphatic carbocycles. The summed E-state index contributed by atoms with van der Waals surface area (Å²) >= 11 is 0. The van der Waals surface area contributed by atoms with Gasteiger partial charge in [-0.15, -0.1) is 24.0 Å². The summed E-state index contributed by atoms with van der Waals surface area (Å²) in [5, 5.41) is 6.78. The number of guanidine groups is 1. The van der Waals surface area contributed by atoms with Gasteiger partial charge in [-0.05, 0) is 59.5 Å². The van der Waals surface area contributed by atoms with Crippen LogP contribution in [0.3, 0.4) is 0 Å². The van der Waals surface area contributed by atoms with E-state index < -0.39 is 0 Å². The van der Waals surface area contributed by atoms with Crippen molar-refractivity contribution in [3.05, 3.63) is 0 Å². The van der Waals surface area contributed by atoms with Gasteiger partial charge in [-0.1, -0.05) is 6.42 Å². The molecular formula is C17H35IN4O. The molecule has 0 amide bonds. The Morgan fingerprint density at radius 2 is 1.91 bits per heavy atom. The number of piperidine rings is 1. The van der Waals surface area contributed by atoms with Gasteiger partial charge in [-0.25, -0.2) is 0 Å². The van der Waals surface area contributed by atoms with Crippen LogP contribution >= 0.6 is 24.0 Å². The van der Waals surface area contributed by atoms with Gasteiger partial charge in [0.15, 0.2) is 5.96 Å². The van der Waals surface area contributed by atoms with Crippen molar-refractivity contribution in [1.29, 1.82) is 0 Å². The van der Waals surface area contributed by atoms with Gasteiger partial charge in [0.2, 0.25) is 0 Å². The van der Waals surface area contributed by atoms with Crippen LogP contribution in [-0.2, 0) is 4.74 Å². The normalized spacial score (nSPS) is 23.4. The van der Waals surface area contributed by atoms with Crippen molar-refractivity contribution in [3.8, 4) is 0 Å². The zero-order valence-electron chi connectivity index (χ0n) is 15.1. The van der Waals surface area contributed by atoms with Gasteiger partial charge >= 0.3 is 0 Å². The molecule has 1 atom stereocenters. The standard InChI is InChI=1S/C17H34N4O.HI/c1-4-18-16(19-13-15-9-8-12-22-15)20-14-17(2,3)21-10-6-5-7-11-21;/h15H,4-14H2,1-3H3,(H2,18,19,20);1H. The molecule has 0 spiro atoms. The first-order valence-electron chi connectivity index (χ1n) is 9.00. The number of likely N-dealkylation sites (tertiary alicyclic amines) is 1. The van der Waals surface area contributed by atoms with E-state index in [0.717, 1.165) is 38.6 Å². The molecule has 2 rings (SSSR count). The van der Waals surface area contributed by atoms with Crippen LogP contribution in [0.5, 0.6) is 0 Å². The summed E-state index contributed by atoms with van der Waals surface area (Å²) in [5.41, 5.74) is 0.132. The van der Waals surface area contributed by atoms with Gasteiger partial charge in [0, 0.05) is 25.2 Å². The highest BCUT2D eigenvalue weighted by Crippen LogP contribution is 2.20. The Kier molecular flexibility index (Phi) is 9.77. The Morgan fingerprint density at radius 3 is 2.52 bits per heavy atom. The van der Waals surface area contributed by atoms with Crippen molar-refractivity contribution >= 4 is 29.9 Å². The maximum absolute atomic E-state index is 5.67. The lowest BCUT2D eigenvalue weighted by Crippen LogP contribution is -2.50. The molecule has 0 aromatic carbocycles. The predicted molar refractivity (Wildman–Crippen MR) is 108 cm³/mol. The van der Waals surface area contributed by atoms with E-state index in [4.69, 9.17) is 9.73 Å². The minimum atomic E-state index is 0. The third-order valence-corrected chi connectivity index (χ3v) is 4.70. The lowest BCUT2D eigenvalue weighted by molar-refractivity contribution is 0.102. The van der Waals surface area contributed by atoms with Gasteiger partial charge in [-0.3, -0.25) is 9.89 Å². The highest BCUT2D eigenvalue weighted by atomic mass is 127. The van der Waals surface area contributed by atoms with E-state index >= 15 is 0 Å². The number of halogens is 1. The summed E-state index contributed by atoms with van der Waals surface area (Å²) in [5.74, 6) is 0.920. The largest absolute Gasteiger partial charge is 0.376 e. The van der Waals surface area contributed by atoms with E-state index in [2.05, 4.69) is 36.3 Å². The van der Waals surface area contributed by atoms with Crippen molar-refractivity contribution in [1.82, 2.24) is 15.5 Å². The molecule has 1 unspecified atom stereocenters. The molecule has 0 radical (unpaired) electrons. The van der Waals surface area contributed by atoms with Crippen LogP contribution in [0.15, 0.2) is 4.99 Å². The van der Waals surface area contributed by atoms with Crippen LogP contribution in [0.25, 0.3) is 0 Å². The monoisotopic (exact) mass is 438 g/mol. The molecule has 2 aliphatic heterocycles. The summed E-state index contributed by atoms with van der Waals surface area (Å²) in [7, 11) is 0. The van der Waals surface area contributed by atoms with Crippen molar-refractivity contribution < 1.29 is 4.74 Å². The van der Waals surface area contributed by atoms with E-state index in [1.807, 2.05) is 0 Å². The first kappa shape index (κ1) is 21.0. The van der Waals surface area contributed by atoms with Crippen molar-refractivity contribution in [3.63, 3.8) is 0 Å². The van der Waals surface area contributed by atoms with Crippen LogP contribution in [-0.4, -0.2) is 61.8 Å². The molecule has 0 bridgehead atoms. The van der Waals surface area contributed by atoms with Crippen molar-refractivity contribution in [2.24, 2.45) is 4.99 Å². The fourth-order valence-corrected chi connectivity index (χ4v) is 3.23. The van der Waals surface area contributed by atoms with Crippen LogP contribution in [0.2, 0.25) is 0 Å². The molecule has 2 aliphatic rings. The number of aliphatic imine (C=N–C) groups is 1. The number of hydrogen-bond acceptors (Lipinski definition) is 3. The molecule has 23 heavy (non-hydrogen) atoms. The predicted octanol–water partition coefficient (Wildman–Crippen LogP) is 2.60. The van der Waals surface area contributed by atoms with E-state index in [9.17, 15) is 0 Å². The highest BCUT2D eigenvalue weighted by molar-refractivity contribution is 14.0. The second kappa shape index (κ2) is 10.7. The number of ether oxygens (including phenoxy) is 1. The van der Waals surface area contributed by atoms with Crippen LogP contribution < -0.4 is 10.6 Å². The zero-order valence-corrected chi connectivity index (χ0v) is 17.4. The Bertz CT molecular complexity index is 351. The van der Waals surface area contributed by atoms with E-state index in [1.165, 1.54) is 38.8 Å². The molecular weight excluding hydrogens is 403 g/mol. The first-order valence-corrected chi connectivity index (χ1v) is 9.00. The van der Waals surface area contributed by atoms with Gasteiger partial charge in [-0.2, -0.15) is 0 Å². The number of rotatable bonds is 6. The Hall–Kier alpha value is -0.0800. The minimum Gasteiger partial charge on any atom is -0.376 e. The van der Waals surface area contributed by atoms with E-state index in [1.54, 1.807) is 0 Å². The lowest BCUT2D eigenvalue weighted by Gasteiger charge is -2.40. The van der Waals surface area contributed by atoms with Gasteiger partial charge in [0.25, 0.3) is 0 Å². The second-order valence-electron chi connectivity index (χ2n) is 7.07. The molecule has 0 aromatic rings. The quantitative estimate of drug-likeness (QED) is 0.380. The fourth-order valence-electron chi connectivity index (χ4n) is 3.23. The molecule has 6 heteroatoms. The summed E-state index contributed by atoms with van der Waals surface area (Å²) in [6, 6.07) is 0. The molecule has 2 fully saturated rings. The average molecular weight is 438 g/mol. The first-order chi connectivity index (χ1) is 10.6. The highest BCUT2D eigenvalue weighted by Gasteiger charge is 2.27. The zero-order chi connectivity index (χ0) is 15.8. The van der Waals surface area contributed by atoms with Crippen LogP contribution in [0.4, 0.5) is 0 Å². The number of nitrogens with zero attached hydrogens (tertiary/aromatic N) is 2. The van der Waals surface area contributed by atoms with Gasteiger partial charge in [0.1, 0.15) is 0 Å². The summed E-state index contributed by atoms with van der Waals surface area (Å²) in [4.78, 5) is 7.41. The fraction of sp³-hybridized carbons (Fsp3) is 0.941. The summed E-state index contributed by atoms with van der Waals surface area (Å²) in [6.45, 7) is 12.6. The van der Waals surface area contributed by atoms with Gasteiger partial charge < -0.3 is 15.4 Å². The molecule has 0 aromatic heterocycles. The van der Waals surface area contributed by atoms with Crippen molar-refractivity contribution in [2.75, 3.05) is 39.3 Å². The Labute approximate surface area is 159 Å². The molecule has 2 heterocycles. The molecule has 2 saturated heterocycles. The summed E-state index contributed by atoms with van der Waals surface area (Å²) < 4.78 is 5.67. The number of nitrogens with one attached hydrogen (secondary N) is 2. The maximum Gasteiger partial charge on any atom is 0.191 e. The smallest absolute Gasteiger partial charge is 0.191 e. The third kappa shape index (κ3) is 7.13. The van der Waals surface area contributed by atoms with E-state index in [-0.39, 0.29) is 29.5 Å². The Morgan fingerprint density at radius 1 is 1.17 bits per heavy atom. The van der Waals surface area contributed by atoms with Crippen LogP contribution in [0.1, 0.15) is 52.9 Å². The minimum absolute atomic E-state index is 0. The second-order valence-corrected chi connectivity index (χ2v) is 7.07. The maximum atomic E-state index is 5.67. The number of hydrogen-bond donors (Lipinski definition) is 2.